The number of hydrogen-bond donors (Lipinski definition) is 1. The molecule has 53 valence electrons. The van der Waals surface area contributed by atoms with Gasteiger partial charge in [0.25, 0.3) is 0 Å². The van der Waals surface area contributed by atoms with E-state index in [-0.39, 0.29) is 6.17 Å². The van der Waals surface area contributed by atoms with Crippen molar-refractivity contribution in [3.05, 3.63) is 6.92 Å². The lowest BCUT2D eigenvalue weighted by Gasteiger charge is -2.29. The van der Waals surface area contributed by atoms with Crippen LogP contribution in [-0.4, -0.2) is 37.4 Å². The fourth-order valence-corrected chi connectivity index (χ4v) is 0.909. The molecular weight excluding hydrogens is 116 g/mol. The average molecular weight is 129 g/mol. The smallest absolute Gasteiger partial charge is 0.0594 e. The summed E-state index contributed by atoms with van der Waals surface area (Å²) in [6, 6.07) is 0. The van der Waals surface area contributed by atoms with E-state index in [1.807, 2.05) is 0 Å². The van der Waals surface area contributed by atoms with Gasteiger partial charge in [-0.2, -0.15) is 0 Å². The second-order valence-electron chi connectivity index (χ2n) is 2.22. The third kappa shape index (κ3) is 1.93. The maximum atomic E-state index is 5.53. The Labute approximate surface area is 55.8 Å². The molecule has 9 heavy (non-hydrogen) atoms. The van der Waals surface area contributed by atoms with E-state index in [1.54, 1.807) is 0 Å². The van der Waals surface area contributed by atoms with Crippen LogP contribution in [0.5, 0.6) is 0 Å². The molecule has 1 heterocycles. The van der Waals surface area contributed by atoms with Crippen molar-refractivity contribution >= 4 is 0 Å². The molecule has 0 bridgehead atoms. The van der Waals surface area contributed by atoms with Gasteiger partial charge in [0.05, 0.1) is 19.4 Å². The molecule has 1 rings (SSSR count). The van der Waals surface area contributed by atoms with E-state index in [9.17, 15) is 0 Å². The molecule has 1 aliphatic rings. The first-order valence-corrected chi connectivity index (χ1v) is 3.21. The van der Waals surface area contributed by atoms with Crippen LogP contribution in [-0.2, 0) is 4.74 Å². The predicted molar refractivity (Wildman–Crippen MR) is 35.7 cm³/mol. The lowest BCUT2D eigenvalue weighted by molar-refractivity contribution is 0.0262. The highest BCUT2D eigenvalue weighted by atomic mass is 16.5. The molecule has 1 aliphatic heterocycles. The van der Waals surface area contributed by atoms with Crippen LogP contribution in [0.15, 0.2) is 0 Å². The van der Waals surface area contributed by atoms with Gasteiger partial charge in [0, 0.05) is 13.1 Å². The van der Waals surface area contributed by atoms with Gasteiger partial charge < -0.3 is 10.5 Å². The van der Waals surface area contributed by atoms with Crippen LogP contribution < -0.4 is 5.73 Å². The van der Waals surface area contributed by atoms with Crippen LogP contribution >= 0.6 is 0 Å². The highest BCUT2D eigenvalue weighted by molar-refractivity contribution is 4.69. The first kappa shape index (κ1) is 6.99. The van der Waals surface area contributed by atoms with Gasteiger partial charge in [0.1, 0.15) is 0 Å². The normalized spacial score (nSPS) is 26.0. The molecule has 0 aromatic heterocycles. The molecule has 3 nitrogen and oxygen atoms in total. The Hall–Kier alpha value is -0.120. The molecule has 1 saturated heterocycles. The first-order valence-electron chi connectivity index (χ1n) is 3.21. The molecular formula is C6H13N2O. The van der Waals surface area contributed by atoms with Crippen LogP contribution in [0.1, 0.15) is 0 Å². The Balaban J connectivity index is 2.23. The van der Waals surface area contributed by atoms with Crippen LogP contribution in [0.25, 0.3) is 0 Å². The van der Waals surface area contributed by atoms with E-state index in [0.29, 0.717) is 0 Å². The minimum atomic E-state index is -0.0612. The summed E-state index contributed by atoms with van der Waals surface area (Å²) in [5, 5.41) is 0. The van der Waals surface area contributed by atoms with E-state index in [0.717, 1.165) is 26.3 Å². The van der Waals surface area contributed by atoms with Crippen molar-refractivity contribution in [3.63, 3.8) is 0 Å². The summed E-state index contributed by atoms with van der Waals surface area (Å²) in [5.41, 5.74) is 5.53. The maximum absolute atomic E-state index is 5.53. The highest BCUT2D eigenvalue weighted by Gasteiger charge is 2.12. The third-order valence-electron chi connectivity index (χ3n) is 1.51. The fourth-order valence-electron chi connectivity index (χ4n) is 0.909. The molecule has 0 aliphatic carbocycles. The number of nitrogens with two attached hydrogens (primary N) is 1. The lowest BCUT2D eigenvalue weighted by atomic mass is 10.4. The Bertz CT molecular complexity index is 79.1. The monoisotopic (exact) mass is 129 g/mol. The van der Waals surface area contributed by atoms with E-state index in [2.05, 4.69) is 11.8 Å². The van der Waals surface area contributed by atoms with Gasteiger partial charge in [-0.05, 0) is 6.92 Å². The predicted octanol–water partition coefficient (Wildman–Crippen LogP) is -0.563. The number of rotatable bonds is 1. The number of morpholine rings is 1. The summed E-state index contributed by atoms with van der Waals surface area (Å²) in [6.07, 6.45) is -0.0612. The number of hydrogen-bond acceptors (Lipinski definition) is 3. The Morgan fingerprint density at radius 3 is 2.33 bits per heavy atom. The Kier molecular flexibility index (Phi) is 2.45. The van der Waals surface area contributed by atoms with Gasteiger partial charge in [-0.3, -0.25) is 4.90 Å². The number of ether oxygens (including phenoxy) is 1. The van der Waals surface area contributed by atoms with Crippen molar-refractivity contribution in [2.24, 2.45) is 5.73 Å². The molecule has 1 unspecified atom stereocenters. The molecule has 0 spiro atoms. The minimum absolute atomic E-state index is 0.0612. The topological polar surface area (TPSA) is 38.5 Å². The van der Waals surface area contributed by atoms with Crippen LogP contribution in [0.3, 0.4) is 0 Å². The zero-order valence-corrected chi connectivity index (χ0v) is 5.55. The summed E-state index contributed by atoms with van der Waals surface area (Å²) >= 11 is 0. The van der Waals surface area contributed by atoms with Crippen molar-refractivity contribution in [1.82, 2.24) is 4.90 Å². The zero-order valence-electron chi connectivity index (χ0n) is 5.55. The van der Waals surface area contributed by atoms with Crippen LogP contribution in [0, 0.1) is 6.92 Å². The molecule has 0 amide bonds. The van der Waals surface area contributed by atoms with Gasteiger partial charge >= 0.3 is 0 Å². The Morgan fingerprint density at radius 1 is 1.44 bits per heavy atom. The van der Waals surface area contributed by atoms with E-state index in [4.69, 9.17) is 10.5 Å². The molecule has 3 heteroatoms. The summed E-state index contributed by atoms with van der Waals surface area (Å²) in [6.45, 7) is 7.14. The summed E-state index contributed by atoms with van der Waals surface area (Å²) < 4.78 is 5.12. The van der Waals surface area contributed by atoms with Crippen molar-refractivity contribution < 1.29 is 4.74 Å². The SMILES string of the molecule is [CH2]C(N)N1CCOCC1. The molecule has 0 aromatic rings. The van der Waals surface area contributed by atoms with Gasteiger partial charge in [-0.25, -0.2) is 0 Å². The molecule has 0 aromatic carbocycles. The molecule has 1 atom stereocenters. The standard InChI is InChI=1S/C6H13N2O/c1-6(7)8-2-4-9-5-3-8/h6H,1-5,7H2. The summed E-state index contributed by atoms with van der Waals surface area (Å²) in [5.74, 6) is 0. The van der Waals surface area contributed by atoms with E-state index in [1.165, 1.54) is 0 Å². The molecule has 2 N–H and O–H groups in total. The first-order chi connectivity index (χ1) is 4.30. The van der Waals surface area contributed by atoms with Crippen molar-refractivity contribution in [1.29, 1.82) is 0 Å². The maximum Gasteiger partial charge on any atom is 0.0594 e. The largest absolute Gasteiger partial charge is 0.379 e. The second-order valence-corrected chi connectivity index (χ2v) is 2.22. The van der Waals surface area contributed by atoms with Crippen molar-refractivity contribution in [3.8, 4) is 0 Å². The number of nitrogens with zero attached hydrogens (tertiary/aromatic N) is 1. The summed E-state index contributed by atoms with van der Waals surface area (Å²) in [4.78, 5) is 2.10. The van der Waals surface area contributed by atoms with Gasteiger partial charge in [0.2, 0.25) is 0 Å². The highest BCUT2D eigenvalue weighted by Crippen LogP contribution is 1.97. The van der Waals surface area contributed by atoms with Crippen LogP contribution in [0.2, 0.25) is 0 Å². The Morgan fingerprint density at radius 2 is 2.00 bits per heavy atom. The quantitative estimate of drug-likeness (QED) is 0.515. The average Bonchev–Trinajstić information content (AvgIpc) is 1.90. The van der Waals surface area contributed by atoms with E-state index < -0.39 is 0 Å². The summed E-state index contributed by atoms with van der Waals surface area (Å²) in [7, 11) is 0. The van der Waals surface area contributed by atoms with E-state index >= 15 is 0 Å². The lowest BCUT2D eigenvalue weighted by Crippen LogP contribution is -2.46. The van der Waals surface area contributed by atoms with Gasteiger partial charge in [-0.15, -0.1) is 0 Å². The third-order valence-corrected chi connectivity index (χ3v) is 1.51. The second kappa shape index (κ2) is 3.15. The van der Waals surface area contributed by atoms with Crippen LogP contribution in [0.4, 0.5) is 0 Å². The molecule has 1 radical (unpaired) electrons. The van der Waals surface area contributed by atoms with Gasteiger partial charge in [-0.1, -0.05) is 0 Å². The minimum Gasteiger partial charge on any atom is -0.379 e. The van der Waals surface area contributed by atoms with Gasteiger partial charge in [0.15, 0.2) is 0 Å². The van der Waals surface area contributed by atoms with Crippen molar-refractivity contribution in [2.45, 2.75) is 6.17 Å². The zero-order chi connectivity index (χ0) is 6.69. The molecule has 0 saturated carbocycles. The fraction of sp³-hybridized carbons (Fsp3) is 0.833. The molecule has 1 fully saturated rings. The van der Waals surface area contributed by atoms with Crippen molar-refractivity contribution in [2.75, 3.05) is 26.3 Å².